The van der Waals surface area contributed by atoms with E-state index < -0.39 is 29.7 Å². The molecule has 1 fully saturated rings. The number of piperidine rings is 1. The Hall–Kier alpha value is -2.57. The Morgan fingerprint density at radius 3 is 2.55 bits per heavy atom. The van der Waals surface area contributed by atoms with Crippen molar-refractivity contribution in [2.45, 2.75) is 38.6 Å². The summed E-state index contributed by atoms with van der Waals surface area (Å²) in [6.45, 7) is 3.88. The number of carbonyl (C=O) groups is 4. The fraction of sp³-hybridized carbons (Fsp3) is 0.400. The maximum absolute atomic E-state index is 12.5. The second kappa shape index (κ2) is 5.01. The van der Waals surface area contributed by atoms with E-state index in [0.29, 0.717) is 5.69 Å². The molecule has 4 amide bonds. The Labute approximate surface area is 126 Å². The monoisotopic (exact) mass is 301 g/mol. The summed E-state index contributed by atoms with van der Waals surface area (Å²) in [7, 11) is 0. The van der Waals surface area contributed by atoms with Gasteiger partial charge in [-0.1, -0.05) is 13.8 Å². The first-order chi connectivity index (χ1) is 10.4. The van der Waals surface area contributed by atoms with Crippen molar-refractivity contribution in [3.05, 3.63) is 29.1 Å². The third-order valence-electron chi connectivity index (χ3n) is 3.90. The van der Waals surface area contributed by atoms with E-state index in [1.165, 1.54) is 0 Å². The van der Waals surface area contributed by atoms with Crippen molar-refractivity contribution in [1.29, 1.82) is 0 Å². The highest BCUT2D eigenvalue weighted by Gasteiger charge is 2.45. The molecule has 2 aliphatic rings. The third-order valence-corrected chi connectivity index (χ3v) is 3.90. The Balaban J connectivity index is 1.96. The van der Waals surface area contributed by atoms with Gasteiger partial charge in [0.05, 0.1) is 5.56 Å². The van der Waals surface area contributed by atoms with Gasteiger partial charge in [0, 0.05) is 12.1 Å². The molecular weight excluding hydrogens is 286 g/mol. The van der Waals surface area contributed by atoms with Gasteiger partial charge < -0.3 is 0 Å². The molecule has 3 heterocycles. The number of carbonyl (C=O) groups excluding carboxylic acids is 4. The fourth-order valence-electron chi connectivity index (χ4n) is 2.68. The van der Waals surface area contributed by atoms with Gasteiger partial charge in [0.25, 0.3) is 11.8 Å². The normalized spacial score (nSPS) is 21.4. The molecule has 2 aliphatic heterocycles. The number of nitrogens with zero attached hydrogens (tertiary/aromatic N) is 2. The molecule has 0 aromatic carbocycles. The molecule has 0 saturated carbocycles. The molecule has 1 atom stereocenters. The van der Waals surface area contributed by atoms with Gasteiger partial charge in [0.15, 0.2) is 0 Å². The number of imide groups is 2. The van der Waals surface area contributed by atoms with Crippen LogP contribution in [-0.4, -0.2) is 39.6 Å². The SMILES string of the molecule is CC(C)c1ccc2c(n1)C(=O)N(C1CCC(=O)NC1=O)C2=O. The van der Waals surface area contributed by atoms with Crippen LogP contribution in [0.2, 0.25) is 0 Å². The zero-order valence-corrected chi connectivity index (χ0v) is 12.3. The van der Waals surface area contributed by atoms with Gasteiger partial charge in [0.1, 0.15) is 11.7 Å². The Bertz CT molecular complexity index is 711. The van der Waals surface area contributed by atoms with Crippen molar-refractivity contribution in [3.63, 3.8) is 0 Å². The van der Waals surface area contributed by atoms with Crippen LogP contribution in [0.5, 0.6) is 0 Å². The van der Waals surface area contributed by atoms with Gasteiger partial charge in [-0.2, -0.15) is 0 Å². The highest BCUT2D eigenvalue weighted by atomic mass is 16.2. The summed E-state index contributed by atoms with van der Waals surface area (Å²) in [5, 5.41) is 2.16. The number of rotatable bonds is 2. The van der Waals surface area contributed by atoms with Gasteiger partial charge >= 0.3 is 0 Å². The number of pyridine rings is 1. The lowest BCUT2D eigenvalue weighted by molar-refractivity contribution is -0.136. The second-order valence-electron chi connectivity index (χ2n) is 5.73. The average molecular weight is 301 g/mol. The van der Waals surface area contributed by atoms with Crippen molar-refractivity contribution in [1.82, 2.24) is 15.2 Å². The Kier molecular flexibility index (Phi) is 3.27. The molecule has 1 aromatic rings. The Morgan fingerprint density at radius 2 is 1.91 bits per heavy atom. The van der Waals surface area contributed by atoms with Gasteiger partial charge in [0.2, 0.25) is 11.8 Å². The first-order valence-corrected chi connectivity index (χ1v) is 7.12. The number of hydrogen-bond acceptors (Lipinski definition) is 5. The molecule has 1 N–H and O–H groups in total. The number of nitrogens with one attached hydrogen (secondary N) is 1. The molecule has 7 nitrogen and oxygen atoms in total. The predicted molar refractivity (Wildman–Crippen MR) is 75.0 cm³/mol. The van der Waals surface area contributed by atoms with Crippen molar-refractivity contribution in [2.75, 3.05) is 0 Å². The smallest absolute Gasteiger partial charge is 0.280 e. The van der Waals surface area contributed by atoms with Crippen molar-refractivity contribution in [2.24, 2.45) is 0 Å². The van der Waals surface area contributed by atoms with Crippen LogP contribution in [0.4, 0.5) is 0 Å². The van der Waals surface area contributed by atoms with Crippen LogP contribution in [0, 0.1) is 0 Å². The van der Waals surface area contributed by atoms with Crippen LogP contribution in [0.15, 0.2) is 12.1 Å². The van der Waals surface area contributed by atoms with Crippen LogP contribution in [0.25, 0.3) is 0 Å². The highest BCUT2D eigenvalue weighted by molar-refractivity contribution is 6.22. The second-order valence-corrected chi connectivity index (χ2v) is 5.73. The van der Waals surface area contributed by atoms with E-state index >= 15 is 0 Å². The lowest BCUT2D eigenvalue weighted by atomic mass is 10.0. The molecule has 3 rings (SSSR count). The lowest BCUT2D eigenvalue weighted by Gasteiger charge is -2.27. The molecular formula is C15H15N3O4. The van der Waals surface area contributed by atoms with Crippen molar-refractivity contribution < 1.29 is 19.2 Å². The van der Waals surface area contributed by atoms with Crippen molar-refractivity contribution >= 4 is 23.6 Å². The molecule has 0 spiro atoms. The van der Waals surface area contributed by atoms with Crippen LogP contribution >= 0.6 is 0 Å². The third kappa shape index (κ3) is 2.09. The Morgan fingerprint density at radius 1 is 1.18 bits per heavy atom. The molecule has 1 unspecified atom stereocenters. The van der Waals surface area contributed by atoms with Gasteiger partial charge in [-0.25, -0.2) is 4.98 Å². The quantitative estimate of drug-likeness (QED) is 0.807. The zero-order valence-electron chi connectivity index (χ0n) is 12.3. The summed E-state index contributed by atoms with van der Waals surface area (Å²) in [6.07, 6.45) is 0.252. The van der Waals surface area contributed by atoms with E-state index in [0.717, 1.165) is 4.90 Å². The highest BCUT2D eigenvalue weighted by Crippen LogP contribution is 2.27. The van der Waals surface area contributed by atoms with Crippen LogP contribution in [0.3, 0.4) is 0 Å². The van der Waals surface area contributed by atoms with Crippen LogP contribution in [0.1, 0.15) is 59.1 Å². The number of hydrogen-bond donors (Lipinski definition) is 1. The first-order valence-electron chi connectivity index (χ1n) is 7.12. The summed E-state index contributed by atoms with van der Waals surface area (Å²) in [6, 6.07) is 2.33. The maximum Gasteiger partial charge on any atom is 0.280 e. The number of aromatic nitrogens is 1. The van der Waals surface area contributed by atoms with E-state index in [4.69, 9.17) is 0 Å². The summed E-state index contributed by atoms with van der Waals surface area (Å²) in [5.41, 5.74) is 1.00. The van der Waals surface area contributed by atoms with E-state index in [1.54, 1.807) is 12.1 Å². The first kappa shape index (κ1) is 14.4. The van der Waals surface area contributed by atoms with E-state index in [-0.39, 0.29) is 30.0 Å². The van der Waals surface area contributed by atoms with E-state index in [2.05, 4.69) is 10.3 Å². The summed E-state index contributed by atoms with van der Waals surface area (Å²) in [4.78, 5) is 53.2. The molecule has 22 heavy (non-hydrogen) atoms. The minimum Gasteiger partial charge on any atom is -0.295 e. The fourth-order valence-corrected chi connectivity index (χ4v) is 2.68. The molecule has 1 aromatic heterocycles. The summed E-state index contributed by atoms with van der Waals surface area (Å²) >= 11 is 0. The lowest BCUT2D eigenvalue weighted by Crippen LogP contribution is -2.54. The average Bonchev–Trinajstić information content (AvgIpc) is 2.71. The standard InChI is InChI=1S/C15H15N3O4/c1-7(2)9-4-3-8-12(16-9)15(22)18(14(8)21)10-5-6-11(19)17-13(10)20/h3-4,7,10H,5-6H2,1-2H3,(H,17,19,20). The summed E-state index contributed by atoms with van der Waals surface area (Å²) < 4.78 is 0. The minimum absolute atomic E-state index is 0.0842. The number of amides is 4. The van der Waals surface area contributed by atoms with Crippen molar-refractivity contribution in [3.8, 4) is 0 Å². The van der Waals surface area contributed by atoms with Crippen LogP contribution < -0.4 is 5.32 Å². The van der Waals surface area contributed by atoms with E-state index in [9.17, 15) is 19.2 Å². The molecule has 114 valence electrons. The largest absolute Gasteiger partial charge is 0.295 e. The van der Waals surface area contributed by atoms with Gasteiger partial charge in [-0.05, 0) is 24.5 Å². The molecule has 0 aliphatic carbocycles. The molecule has 7 heteroatoms. The van der Waals surface area contributed by atoms with Crippen LogP contribution in [-0.2, 0) is 9.59 Å². The zero-order chi connectivity index (χ0) is 16.0. The molecule has 0 bridgehead atoms. The number of fused-ring (bicyclic) bond motifs is 1. The maximum atomic E-state index is 12.5. The predicted octanol–water partition coefficient (Wildman–Crippen LogP) is 0.606. The molecule has 0 radical (unpaired) electrons. The van der Waals surface area contributed by atoms with E-state index in [1.807, 2.05) is 13.8 Å². The van der Waals surface area contributed by atoms with Gasteiger partial charge in [-0.3, -0.25) is 29.4 Å². The molecule has 1 saturated heterocycles. The summed E-state index contributed by atoms with van der Waals surface area (Å²) in [5.74, 6) is -1.99. The minimum atomic E-state index is -0.950. The van der Waals surface area contributed by atoms with Gasteiger partial charge in [-0.15, -0.1) is 0 Å². The topological polar surface area (TPSA) is 96.4 Å².